The minimum absolute atomic E-state index is 0.0410. The first-order valence-electron chi connectivity index (χ1n) is 10.1. The van der Waals surface area contributed by atoms with Gasteiger partial charge >= 0.3 is 0 Å². The predicted octanol–water partition coefficient (Wildman–Crippen LogP) is 4.13. The van der Waals surface area contributed by atoms with Gasteiger partial charge in [-0.1, -0.05) is 45.7 Å². The van der Waals surface area contributed by atoms with Crippen molar-refractivity contribution in [2.75, 3.05) is 26.2 Å². The maximum atomic E-state index is 12.2. The Bertz CT molecular complexity index is 540. The maximum absolute atomic E-state index is 12.2. The van der Waals surface area contributed by atoms with E-state index in [-0.39, 0.29) is 11.3 Å². The van der Waals surface area contributed by atoms with Crippen LogP contribution in [0.1, 0.15) is 65.4 Å². The minimum atomic E-state index is -0.478. The van der Waals surface area contributed by atoms with Gasteiger partial charge in [-0.25, -0.2) is 0 Å². The number of hydrogen-bond acceptors (Lipinski definition) is 3. The van der Waals surface area contributed by atoms with Crippen molar-refractivity contribution in [1.82, 2.24) is 10.2 Å². The van der Waals surface area contributed by atoms with E-state index in [2.05, 4.69) is 43.1 Å². The Morgan fingerprint density at radius 1 is 1.12 bits per heavy atom. The van der Waals surface area contributed by atoms with Crippen molar-refractivity contribution in [3.63, 3.8) is 0 Å². The number of carbonyl (C=O) groups is 1. The molecular weight excluding hydrogens is 324 g/mol. The third-order valence-corrected chi connectivity index (χ3v) is 5.05. The van der Waals surface area contributed by atoms with Gasteiger partial charge in [0.15, 0.2) is 6.10 Å². The first kappa shape index (κ1) is 20.8. The van der Waals surface area contributed by atoms with Crippen LogP contribution < -0.4 is 10.1 Å². The summed E-state index contributed by atoms with van der Waals surface area (Å²) in [7, 11) is 0. The Morgan fingerprint density at radius 3 is 2.31 bits per heavy atom. The second kappa shape index (κ2) is 9.96. The number of hydrogen-bond donors (Lipinski definition) is 1. The highest BCUT2D eigenvalue weighted by molar-refractivity contribution is 5.80. The first-order chi connectivity index (χ1) is 12.4. The molecule has 1 aliphatic rings. The topological polar surface area (TPSA) is 41.6 Å². The molecule has 1 N–H and O–H groups in total. The lowest BCUT2D eigenvalue weighted by atomic mass is 9.87. The number of nitrogens with zero attached hydrogens (tertiary/aromatic N) is 1. The van der Waals surface area contributed by atoms with E-state index in [1.807, 2.05) is 19.1 Å². The van der Waals surface area contributed by atoms with Gasteiger partial charge in [-0.15, -0.1) is 0 Å². The van der Waals surface area contributed by atoms with Crippen LogP contribution in [0.2, 0.25) is 0 Å². The number of amides is 1. The van der Waals surface area contributed by atoms with Crippen molar-refractivity contribution in [1.29, 1.82) is 0 Å². The molecule has 1 aromatic rings. The van der Waals surface area contributed by atoms with Crippen LogP contribution in [-0.4, -0.2) is 43.1 Å². The van der Waals surface area contributed by atoms with Crippen molar-refractivity contribution in [3.8, 4) is 5.75 Å². The van der Waals surface area contributed by atoms with E-state index in [0.717, 1.165) is 18.7 Å². The number of carbonyl (C=O) groups excluding carboxylic acids is 1. The summed E-state index contributed by atoms with van der Waals surface area (Å²) >= 11 is 0. The largest absolute Gasteiger partial charge is 0.481 e. The summed E-state index contributed by atoms with van der Waals surface area (Å²) in [5, 5.41) is 3.00. The van der Waals surface area contributed by atoms with Crippen LogP contribution in [0.4, 0.5) is 0 Å². The fourth-order valence-electron chi connectivity index (χ4n) is 3.31. The molecule has 26 heavy (non-hydrogen) atoms. The average molecular weight is 361 g/mol. The number of benzene rings is 1. The van der Waals surface area contributed by atoms with Gasteiger partial charge in [0.05, 0.1) is 0 Å². The molecule has 4 nitrogen and oxygen atoms in total. The third kappa shape index (κ3) is 6.99. The molecule has 0 bridgehead atoms. The Balaban J connectivity index is 1.68. The van der Waals surface area contributed by atoms with Crippen LogP contribution in [0.25, 0.3) is 0 Å². The highest BCUT2D eigenvalue weighted by Gasteiger charge is 2.16. The first-order valence-corrected chi connectivity index (χ1v) is 10.1. The highest BCUT2D eigenvalue weighted by atomic mass is 16.5. The predicted molar refractivity (Wildman–Crippen MR) is 108 cm³/mol. The van der Waals surface area contributed by atoms with E-state index in [1.54, 1.807) is 0 Å². The summed E-state index contributed by atoms with van der Waals surface area (Å²) < 4.78 is 5.78. The van der Waals surface area contributed by atoms with E-state index >= 15 is 0 Å². The molecule has 1 aromatic carbocycles. The minimum Gasteiger partial charge on any atom is -0.481 e. The molecule has 1 fully saturated rings. The summed E-state index contributed by atoms with van der Waals surface area (Å²) in [5.41, 5.74) is 1.38. The van der Waals surface area contributed by atoms with Gasteiger partial charge in [0.25, 0.3) is 5.91 Å². The second-order valence-electron chi connectivity index (χ2n) is 8.43. The fourth-order valence-corrected chi connectivity index (χ4v) is 3.31. The molecule has 1 aliphatic heterocycles. The third-order valence-electron chi connectivity index (χ3n) is 5.05. The molecule has 0 aliphatic carbocycles. The SMILES string of the molecule is CC(Oc1ccc(C(C)(C)C)cc1)C(=O)NCCCN1CCCCCC1. The molecule has 0 aromatic heterocycles. The molecule has 1 saturated heterocycles. The maximum Gasteiger partial charge on any atom is 0.260 e. The van der Waals surface area contributed by atoms with Gasteiger partial charge in [0.2, 0.25) is 0 Å². The zero-order valence-corrected chi connectivity index (χ0v) is 17.0. The van der Waals surface area contributed by atoms with Gasteiger partial charge in [-0.2, -0.15) is 0 Å². The van der Waals surface area contributed by atoms with Crippen molar-refractivity contribution in [2.24, 2.45) is 0 Å². The Kier molecular flexibility index (Phi) is 7.95. The molecular formula is C22H36N2O2. The molecule has 1 atom stereocenters. The number of rotatable bonds is 7. The normalized spacial score (nSPS) is 17.4. The lowest BCUT2D eigenvalue weighted by Gasteiger charge is -2.21. The zero-order valence-electron chi connectivity index (χ0n) is 17.0. The summed E-state index contributed by atoms with van der Waals surface area (Å²) in [6, 6.07) is 8.04. The van der Waals surface area contributed by atoms with Gasteiger partial charge in [0.1, 0.15) is 5.75 Å². The molecule has 0 radical (unpaired) electrons. The van der Waals surface area contributed by atoms with E-state index in [4.69, 9.17) is 4.74 Å². The lowest BCUT2D eigenvalue weighted by molar-refractivity contribution is -0.127. The summed E-state index contributed by atoms with van der Waals surface area (Å²) in [4.78, 5) is 14.8. The van der Waals surface area contributed by atoms with Crippen LogP contribution in [0.3, 0.4) is 0 Å². The van der Waals surface area contributed by atoms with Gasteiger partial charge in [0, 0.05) is 6.54 Å². The van der Waals surface area contributed by atoms with Gasteiger partial charge in [-0.05, 0) is 68.9 Å². The van der Waals surface area contributed by atoms with Crippen LogP contribution >= 0.6 is 0 Å². The Labute approximate surface area is 159 Å². The molecule has 1 amide bonds. The number of nitrogens with one attached hydrogen (secondary N) is 1. The van der Waals surface area contributed by atoms with E-state index in [9.17, 15) is 4.79 Å². The Morgan fingerprint density at radius 2 is 1.73 bits per heavy atom. The van der Waals surface area contributed by atoms with Crippen molar-refractivity contribution < 1.29 is 9.53 Å². The summed E-state index contributed by atoms with van der Waals surface area (Å²) in [6.45, 7) is 12.6. The molecule has 1 heterocycles. The summed E-state index contributed by atoms with van der Waals surface area (Å²) in [5.74, 6) is 0.700. The second-order valence-corrected chi connectivity index (χ2v) is 8.43. The molecule has 0 spiro atoms. The van der Waals surface area contributed by atoms with E-state index in [1.165, 1.54) is 44.3 Å². The Hall–Kier alpha value is -1.55. The van der Waals surface area contributed by atoms with Crippen molar-refractivity contribution in [3.05, 3.63) is 29.8 Å². The molecule has 146 valence electrons. The van der Waals surface area contributed by atoms with Crippen molar-refractivity contribution >= 4 is 5.91 Å². The lowest BCUT2D eigenvalue weighted by Crippen LogP contribution is -2.38. The number of likely N-dealkylation sites (tertiary alicyclic amines) is 1. The standard InChI is InChI=1S/C22H36N2O2/c1-18(26-20-12-10-19(11-13-20)22(2,3)4)21(25)23-14-9-17-24-15-7-5-6-8-16-24/h10-13,18H,5-9,14-17H2,1-4H3,(H,23,25). The van der Waals surface area contributed by atoms with Crippen LogP contribution in [0, 0.1) is 0 Å². The monoisotopic (exact) mass is 360 g/mol. The highest BCUT2D eigenvalue weighted by Crippen LogP contribution is 2.24. The summed E-state index contributed by atoms with van der Waals surface area (Å²) in [6.07, 6.45) is 5.86. The molecule has 1 unspecified atom stereocenters. The van der Waals surface area contributed by atoms with E-state index in [0.29, 0.717) is 6.54 Å². The van der Waals surface area contributed by atoms with E-state index < -0.39 is 6.10 Å². The van der Waals surface area contributed by atoms with Crippen LogP contribution in [0.5, 0.6) is 5.75 Å². The van der Waals surface area contributed by atoms with Gasteiger partial charge in [-0.3, -0.25) is 4.79 Å². The number of ether oxygens (including phenoxy) is 1. The smallest absolute Gasteiger partial charge is 0.260 e. The average Bonchev–Trinajstić information content (AvgIpc) is 2.87. The fraction of sp³-hybridized carbons (Fsp3) is 0.682. The van der Waals surface area contributed by atoms with Crippen LogP contribution in [0.15, 0.2) is 24.3 Å². The van der Waals surface area contributed by atoms with Crippen LogP contribution in [-0.2, 0) is 10.2 Å². The zero-order chi connectivity index (χ0) is 19.0. The van der Waals surface area contributed by atoms with Crippen molar-refractivity contribution in [2.45, 2.75) is 71.3 Å². The molecule has 2 rings (SSSR count). The van der Waals surface area contributed by atoms with Gasteiger partial charge < -0.3 is 15.0 Å². The molecule has 0 saturated carbocycles. The molecule has 4 heteroatoms. The quantitative estimate of drug-likeness (QED) is 0.743.